The van der Waals surface area contributed by atoms with E-state index >= 15 is 0 Å². The highest BCUT2D eigenvalue weighted by atomic mass is 32.2. The fourth-order valence-corrected chi connectivity index (χ4v) is 2.60. The van der Waals surface area contributed by atoms with Gasteiger partial charge in [0.2, 0.25) is 12.3 Å². The zero-order chi connectivity index (χ0) is 17.2. The third kappa shape index (κ3) is 3.49. The molecule has 0 bridgehead atoms. The molecule has 7 nitrogen and oxygen atoms in total. The van der Waals surface area contributed by atoms with Crippen LogP contribution in [-0.4, -0.2) is 30.8 Å². The van der Waals surface area contributed by atoms with Crippen LogP contribution in [0.5, 0.6) is 5.75 Å². The summed E-state index contributed by atoms with van der Waals surface area (Å²) in [7, 11) is -3.30. The van der Waals surface area contributed by atoms with Crippen LogP contribution >= 0.6 is 0 Å². The van der Waals surface area contributed by atoms with Crippen LogP contribution in [0.2, 0.25) is 0 Å². The van der Waals surface area contributed by atoms with Crippen LogP contribution < -0.4 is 4.74 Å². The van der Waals surface area contributed by atoms with Crippen LogP contribution in [0.15, 0.2) is 64.2 Å². The van der Waals surface area contributed by atoms with Gasteiger partial charge in [-0.05, 0) is 48.5 Å². The maximum absolute atomic E-state index is 12.1. The van der Waals surface area contributed by atoms with Crippen LogP contribution in [0.3, 0.4) is 0 Å². The lowest BCUT2D eigenvalue weighted by molar-refractivity contribution is 0.0734. The SMILES string of the molecule is CS(=O)(=O)c1ccc(C(=O)Oc2ccc(-c3nnco3)cc2)cc1. The van der Waals surface area contributed by atoms with Gasteiger partial charge >= 0.3 is 5.97 Å². The molecule has 3 rings (SSSR count). The van der Waals surface area contributed by atoms with Gasteiger partial charge in [0.05, 0.1) is 10.5 Å². The Morgan fingerprint density at radius 1 is 1.04 bits per heavy atom. The fraction of sp³-hybridized carbons (Fsp3) is 0.0625. The van der Waals surface area contributed by atoms with Gasteiger partial charge in [0, 0.05) is 11.8 Å². The number of nitrogens with zero attached hydrogens (tertiary/aromatic N) is 2. The molecule has 0 radical (unpaired) electrons. The van der Waals surface area contributed by atoms with Gasteiger partial charge in [-0.1, -0.05) is 0 Å². The average Bonchev–Trinajstić information content (AvgIpc) is 3.09. The first kappa shape index (κ1) is 15.9. The Morgan fingerprint density at radius 2 is 1.71 bits per heavy atom. The highest BCUT2D eigenvalue weighted by Crippen LogP contribution is 2.21. The lowest BCUT2D eigenvalue weighted by Crippen LogP contribution is -2.08. The maximum Gasteiger partial charge on any atom is 0.343 e. The summed E-state index contributed by atoms with van der Waals surface area (Å²) < 4.78 is 33.1. The van der Waals surface area contributed by atoms with Crippen molar-refractivity contribution in [3.05, 3.63) is 60.5 Å². The Bertz CT molecular complexity index is 947. The summed E-state index contributed by atoms with van der Waals surface area (Å²) in [6.45, 7) is 0. The zero-order valence-electron chi connectivity index (χ0n) is 12.5. The van der Waals surface area contributed by atoms with Gasteiger partial charge in [-0.2, -0.15) is 0 Å². The first-order chi connectivity index (χ1) is 11.4. The summed E-state index contributed by atoms with van der Waals surface area (Å²) in [5.74, 6) is 0.125. The number of carbonyl (C=O) groups excluding carboxylic acids is 1. The number of rotatable bonds is 4. The van der Waals surface area contributed by atoms with Crippen LogP contribution in [0.1, 0.15) is 10.4 Å². The Hall–Kier alpha value is -3.00. The number of hydrogen-bond donors (Lipinski definition) is 0. The number of carbonyl (C=O) groups is 1. The summed E-state index contributed by atoms with van der Waals surface area (Å²) in [6, 6.07) is 12.1. The smallest absolute Gasteiger partial charge is 0.343 e. The fourth-order valence-electron chi connectivity index (χ4n) is 1.97. The Morgan fingerprint density at radius 3 is 2.25 bits per heavy atom. The minimum absolute atomic E-state index is 0.142. The molecule has 0 aliphatic heterocycles. The highest BCUT2D eigenvalue weighted by molar-refractivity contribution is 7.90. The number of esters is 1. The van der Waals surface area contributed by atoms with Gasteiger partial charge in [0.1, 0.15) is 5.75 Å². The number of sulfone groups is 1. The van der Waals surface area contributed by atoms with E-state index in [1.807, 2.05) is 0 Å². The monoisotopic (exact) mass is 344 g/mol. The molecular formula is C16H12N2O5S. The van der Waals surface area contributed by atoms with Crippen molar-refractivity contribution in [1.29, 1.82) is 0 Å². The largest absolute Gasteiger partial charge is 0.423 e. The first-order valence-electron chi connectivity index (χ1n) is 6.82. The zero-order valence-corrected chi connectivity index (χ0v) is 13.4. The third-order valence-corrected chi connectivity index (χ3v) is 4.32. The molecule has 0 unspecified atom stereocenters. The van der Waals surface area contributed by atoms with E-state index in [2.05, 4.69) is 10.2 Å². The molecule has 0 aliphatic rings. The van der Waals surface area contributed by atoms with Crippen molar-refractivity contribution in [1.82, 2.24) is 10.2 Å². The summed E-state index contributed by atoms with van der Waals surface area (Å²) >= 11 is 0. The van der Waals surface area contributed by atoms with E-state index in [0.717, 1.165) is 6.26 Å². The predicted molar refractivity (Wildman–Crippen MR) is 84.2 cm³/mol. The molecule has 0 atom stereocenters. The van der Waals surface area contributed by atoms with E-state index in [4.69, 9.17) is 9.15 Å². The molecule has 1 heterocycles. The normalized spacial score (nSPS) is 11.2. The molecule has 1 aromatic heterocycles. The number of ether oxygens (including phenoxy) is 1. The van der Waals surface area contributed by atoms with Crippen LogP contribution in [-0.2, 0) is 9.84 Å². The Labute approximate surface area is 137 Å². The molecule has 2 aromatic carbocycles. The van der Waals surface area contributed by atoms with Gasteiger partial charge in [-0.15, -0.1) is 10.2 Å². The molecule has 0 spiro atoms. The standard InChI is InChI=1S/C16H12N2O5S/c1-24(20,21)14-8-4-12(5-9-14)16(19)23-13-6-2-11(3-7-13)15-18-17-10-22-15/h2-10H,1H3. The Kier molecular flexibility index (Phi) is 4.13. The second-order valence-corrected chi connectivity index (χ2v) is 6.97. The topological polar surface area (TPSA) is 99.4 Å². The maximum atomic E-state index is 12.1. The summed E-state index contributed by atoms with van der Waals surface area (Å²) in [5.41, 5.74) is 0.952. The van der Waals surface area contributed by atoms with Crippen LogP contribution in [0.4, 0.5) is 0 Å². The van der Waals surface area contributed by atoms with Crippen molar-refractivity contribution < 1.29 is 22.4 Å². The Balaban J connectivity index is 1.73. The second kappa shape index (κ2) is 6.25. The van der Waals surface area contributed by atoms with E-state index in [0.29, 0.717) is 17.2 Å². The molecular weight excluding hydrogens is 332 g/mol. The lowest BCUT2D eigenvalue weighted by atomic mass is 10.2. The highest BCUT2D eigenvalue weighted by Gasteiger charge is 2.12. The molecule has 24 heavy (non-hydrogen) atoms. The predicted octanol–water partition coefficient (Wildman–Crippen LogP) is 2.36. The van der Waals surface area contributed by atoms with Gasteiger partial charge in [-0.3, -0.25) is 0 Å². The quantitative estimate of drug-likeness (QED) is 0.529. The summed E-state index contributed by atoms with van der Waals surface area (Å²) in [4.78, 5) is 12.2. The minimum Gasteiger partial charge on any atom is -0.423 e. The lowest BCUT2D eigenvalue weighted by Gasteiger charge is -2.05. The molecule has 0 aliphatic carbocycles. The molecule has 8 heteroatoms. The van der Waals surface area contributed by atoms with Crippen molar-refractivity contribution in [2.24, 2.45) is 0 Å². The summed E-state index contributed by atoms with van der Waals surface area (Å²) in [5, 5.41) is 7.37. The number of benzene rings is 2. The molecule has 0 N–H and O–H groups in total. The average molecular weight is 344 g/mol. The molecule has 3 aromatic rings. The van der Waals surface area contributed by atoms with E-state index < -0.39 is 15.8 Å². The van der Waals surface area contributed by atoms with Gasteiger partial charge < -0.3 is 9.15 Å². The van der Waals surface area contributed by atoms with E-state index in [1.165, 1.54) is 30.7 Å². The van der Waals surface area contributed by atoms with Crippen molar-refractivity contribution in [2.75, 3.05) is 6.26 Å². The second-order valence-electron chi connectivity index (χ2n) is 4.95. The minimum atomic E-state index is -3.30. The van der Waals surface area contributed by atoms with Crippen molar-refractivity contribution in [3.8, 4) is 17.2 Å². The molecule has 0 amide bonds. The van der Waals surface area contributed by atoms with Gasteiger partial charge in [0.15, 0.2) is 9.84 Å². The molecule has 0 saturated carbocycles. The van der Waals surface area contributed by atoms with E-state index in [9.17, 15) is 13.2 Å². The number of hydrogen-bond acceptors (Lipinski definition) is 7. The summed E-state index contributed by atoms with van der Waals surface area (Å²) in [6.07, 6.45) is 2.33. The van der Waals surface area contributed by atoms with Crippen LogP contribution in [0, 0.1) is 0 Å². The van der Waals surface area contributed by atoms with E-state index in [1.54, 1.807) is 24.3 Å². The van der Waals surface area contributed by atoms with E-state index in [-0.39, 0.29) is 10.5 Å². The number of aromatic nitrogens is 2. The van der Waals surface area contributed by atoms with Crippen molar-refractivity contribution >= 4 is 15.8 Å². The van der Waals surface area contributed by atoms with Gasteiger partial charge in [0.25, 0.3) is 0 Å². The molecule has 0 fully saturated rings. The first-order valence-corrected chi connectivity index (χ1v) is 8.71. The third-order valence-electron chi connectivity index (χ3n) is 3.19. The van der Waals surface area contributed by atoms with Crippen molar-refractivity contribution in [2.45, 2.75) is 4.90 Å². The van der Waals surface area contributed by atoms with Crippen molar-refractivity contribution in [3.63, 3.8) is 0 Å². The molecule has 0 saturated heterocycles. The van der Waals surface area contributed by atoms with Crippen LogP contribution in [0.25, 0.3) is 11.5 Å². The van der Waals surface area contributed by atoms with Gasteiger partial charge in [-0.25, -0.2) is 13.2 Å². The molecule has 122 valence electrons.